The van der Waals surface area contributed by atoms with Gasteiger partial charge in [-0.05, 0) is 50.0 Å². The smallest absolute Gasteiger partial charge is 0.0237 e. The fourth-order valence-electron chi connectivity index (χ4n) is 2.65. The maximum Gasteiger partial charge on any atom is 0.0237 e. The molecule has 0 radical (unpaired) electrons. The Balaban J connectivity index is 1.98. The molecule has 2 nitrogen and oxygen atoms in total. The van der Waals surface area contributed by atoms with Crippen molar-refractivity contribution < 1.29 is 0 Å². The van der Waals surface area contributed by atoms with Crippen molar-refractivity contribution in [3.05, 3.63) is 34.3 Å². The highest BCUT2D eigenvalue weighted by Crippen LogP contribution is 2.17. The summed E-state index contributed by atoms with van der Waals surface area (Å²) in [6, 6.07) is 9.44. The zero-order valence-corrected chi connectivity index (χ0v) is 12.7. The summed E-state index contributed by atoms with van der Waals surface area (Å²) >= 11 is 3.50. The Morgan fingerprint density at radius 1 is 1.33 bits per heavy atom. The second kappa shape index (κ2) is 7.27. The van der Waals surface area contributed by atoms with Crippen LogP contribution in [0.3, 0.4) is 0 Å². The summed E-state index contributed by atoms with van der Waals surface area (Å²) in [5.74, 6) is 0. The molecule has 1 atom stereocenters. The van der Waals surface area contributed by atoms with Gasteiger partial charge in [0.25, 0.3) is 0 Å². The van der Waals surface area contributed by atoms with Crippen molar-refractivity contribution in [2.24, 2.45) is 0 Å². The normalized spacial score (nSPS) is 20.3. The summed E-state index contributed by atoms with van der Waals surface area (Å²) in [7, 11) is 0. The van der Waals surface area contributed by atoms with Crippen LogP contribution in [0.2, 0.25) is 0 Å². The second-order valence-electron chi connectivity index (χ2n) is 5.10. The molecule has 1 aliphatic rings. The maximum absolute atomic E-state index is 3.52. The topological polar surface area (TPSA) is 15.3 Å². The summed E-state index contributed by atoms with van der Waals surface area (Å²) in [5.41, 5.74) is 1.41. The number of nitrogens with one attached hydrogen (secondary N) is 1. The minimum Gasteiger partial charge on any atom is -0.315 e. The first-order valence-electron chi connectivity index (χ1n) is 6.99. The number of piperidine rings is 1. The molecule has 0 bridgehead atoms. The van der Waals surface area contributed by atoms with Crippen LogP contribution in [0.5, 0.6) is 0 Å². The molecule has 0 aromatic heterocycles. The van der Waals surface area contributed by atoms with E-state index in [1.54, 1.807) is 0 Å². The minimum absolute atomic E-state index is 0.711. The molecule has 1 fully saturated rings. The number of hydrogen-bond acceptors (Lipinski definition) is 2. The zero-order chi connectivity index (χ0) is 12.8. The number of benzene rings is 1. The lowest BCUT2D eigenvalue weighted by atomic mass is 10.0. The molecule has 1 saturated heterocycles. The second-order valence-corrected chi connectivity index (χ2v) is 6.01. The maximum atomic E-state index is 3.52. The minimum atomic E-state index is 0.711. The highest BCUT2D eigenvalue weighted by Gasteiger charge is 2.20. The third-order valence-corrected chi connectivity index (χ3v) is 4.13. The van der Waals surface area contributed by atoms with Gasteiger partial charge in [-0.3, -0.25) is 4.90 Å². The van der Waals surface area contributed by atoms with Crippen LogP contribution >= 0.6 is 15.9 Å². The lowest BCUT2D eigenvalue weighted by Gasteiger charge is -2.34. The largest absolute Gasteiger partial charge is 0.315 e. The van der Waals surface area contributed by atoms with Crippen molar-refractivity contribution in [3.63, 3.8) is 0 Å². The van der Waals surface area contributed by atoms with Gasteiger partial charge in [-0.25, -0.2) is 0 Å². The molecule has 0 amide bonds. The van der Waals surface area contributed by atoms with Crippen LogP contribution in [-0.4, -0.2) is 30.6 Å². The van der Waals surface area contributed by atoms with Gasteiger partial charge in [0.1, 0.15) is 0 Å². The molecule has 1 aromatic rings. The molecule has 1 unspecified atom stereocenters. The predicted molar refractivity (Wildman–Crippen MR) is 80.7 cm³/mol. The van der Waals surface area contributed by atoms with Gasteiger partial charge in [-0.15, -0.1) is 0 Å². The summed E-state index contributed by atoms with van der Waals surface area (Å²) in [4.78, 5) is 2.63. The first kappa shape index (κ1) is 14.0. The van der Waals surface area contributed by atoms with Gasteiger partial charge in [0.2, 0.25) is 0 Å². The van der Waals surface area contributed by atoms with E-state index in [4.69, 9.17) is 0 Å². The molecular formula is C15H23BrN2. The molecule has 1 N–H and O–H groups in total. The van der Waals surface area contributed by atoms with Gasteiger partial charge in [0, 0.05) is 23.6 Å². The number of nitrogens with zero attached hydrogens (tertiary/aromatic N) is 1. The molecule has 1 aromatic carbocycles. The zero-order valence-electron chi connectivity index (χ0n) is 11.2. The molecule has 0 saturated carbocycles. The molecule has 2 rings (SSSR count). The Labute approximate surface area is 119 Å². The molecule has 18 heavy (non-hydrogen) atoms. The lowest BCUT2D eigenvalue weighted by Crippen LogP contribution is -2.45. The van der Waals surface area contributed by atoms with E-state index >= 15 is 0 Å². The molecule has 0 aliphatic carbocycles. The summed E-state index contributed by atoms with van der Waals surface area (Å²) < 4.78 is 1.16. The summed E-state index contributed by atoms with van der Waals surface area (Å²) in [5, 5.41) is 3.52. The Hall–Kier alpha value is -0.380. The fraction of sp³-hybridized carbons (Fsp3) is 0.600. The molecule has 1 heterocycles. The Morgan fingerprint density at radius 3 is 2.72 bits per heavy atom. The first-order chi connectivity index (χ1) is 8.79. The van der Waals surface area contributed by atoms with Crippen molar-refractivity contribution in [1.29, 1.82) is 0 Å². The van der Waals surface area contributed by atoms with Crippen molar-refractivity contribution in [1.82, 2.24) is 10.2 Å². The number of hydrogen-bond donors (Lipinski definition) is 1. The summed E-state index contributed by atoms with van der Waals surface area (Å²) in [6.45, 7) is 6.88. The van der Waals surface area contributed by atoms with E-state index in [-0.39, 0.29) is 0 Å². The number of halogens is 1. The SMILES string of the molecule is CCCN(Cc1ccc(Br)cc1)C1CCCNC1. The van der Waals surface area contributed by atoms with E-state index in [1.807, 2.05) is 0 Å². The Kier molecular flexibility index (Phi) is 5.67. The van der Waals surface area contributed by atoms with E-state index in [0.29, 0.717) is 6.04 Å². The van der Waals surface area contributed by atoms with Crippen molar-refractivity contribution >= 4 is 15.9 Å². The van der Waals surface area contributed by atoms with E-state index in [9.17, 15) is 0 Å². The number of rotatable bonds is 5. The van der Waals surface area contributed by atoms with Crippen molar-refractivity contribution in [2.75, 3.05) is 19.6 Å². The fourth-order valence-corrected chi connectivity index (χ4v) is 2.91. The monoisotopic (exact) mass is 310 g/mol. The van der Waals surface area contributed by atoms with E-state index in [2.05, 4.69) is 57.3 Å². The Morgan fingerprint density at radius 2 is 2.11 bits per heavy atom. The van der Waals surface area contributed by atoms with E-state index < -0.39 is 0 Å². The first-order valence-corrected chi connectivity index (χ1v) is 7.78. The van der Waals surface area contributed by atoms with Crippen LogP contribution in [0.25, 0.3) is 0 Å². The van der Waals surface area contributed by atoms with Crippen LogP contribution in [-0.2, 0) is 6.54 Å². The van der Waals surface area contributed by atoms with Gasteiger partial charge >= 0.3 is 0 Å². The van der Waals surface area contributed by atoms with Crippen molar-refractivity contribution in [2.45, 2.75) is 38.8 Å². The van der Waals surface area contributed by atoms with Crippen LogP contribution in [0.1, 0.15) is 31.7 Å². The molecule has 3 heteroatoms. The highest BCUT2D eigenvalue weighted by atomic mass is 79.9. The highest BCUT2D eigenvalue weighted by molar-refractivity contribution is 9.10. The van der Waals surface area contributed by atoms with Gasteiger partial charge < -0.3 is 5.32 Å². The van der Waals surface area contributed by atoms with Gasteiger partial charge in [-0.2, -0.15) is 0 Å². The van der Waals surface area contributed by atoms with Crippen molar-refractivity contribution in [3.8, 4) is 0 Å². The van der Waals surface area contributed by atoms with E-state index in [0.717, 1.165) is 17.6 Å². The van der Waals surface area contributed by atoms with Gasteiger partial charge in [-0.1, -0.05) is 35.0 Å². The quantitative estimate of drug-likeness (QED) is 0.896. The summed E-state index contributed by atoms with van der Waals surface area (Å²) in [6.07, 6.45) is 3.88. The van der Waals surface area contributed by atoms with Crippen LogP contribution in [0.15, 0.2) is 28.7 Å². The van der Waals surface area contributed by atoms with Crippen LogP contribution in [0, 0.1) is 0 Å². The predicted octanol–water partition coefficient (Wildman–Crippen LogP) is 3.41. The van der Waals surface area contributed by atoms with Gasteiger partial charge in [0.05, 0.1) is 0 Å². The standard InChI is InChI=1S/C15H23BrN2/c1-2-10-18(15-4-3-9-17-11-15)12-13-5-7-14(16)8-6-13/h5-8,15,17H,2-4,9-12H2,1H3. The van der Waals surface area contributed by atoms with Gasteiger partial charge in [0.15, 0.2) is 0 Å². The average Bonchev–Trinajstić information content (AvgIpc) is 2.42. The molecular weight excluding hydrogens is 288 g/mol. The molecule has 1 aliphatic heterocycles. The lowest BCUT2D eigenvalue weighted by molar-refractivity contribution is 0.158. The molecule has 100 valence electrons. The third-order valence-electron chi connectivity index (χ3n) is 3.60. The van der Waals surface area contributed by atoms with E-state index in [1.165, 1.54) is 37.9 Å². The van der Waals surface area contributed by atoms with Crippen LogP contribution in [0.4, 0.5) is 0 Å². The molecule has 0 spiro atoms. The van der Waals surface area contributed by atoms with Crippen LogP contribution < -0.4 is 5.32 Å². The average molecular weight is 311 g/mol. The third kappa shape index (κ3) is 4.08. The Bertz CT molecular complexity index is 344.